The molecular formula is C7H10F3N. The van der Waals surface area contributed by atoms with Crippen molar-refractivity contribution in [2.75, 3.05) is 6.54 Å². The highest BCUT2D eigenvalue weighted by Crippen LogP contribution is 2.48. The normalized spacial score (nSPS) is 43.4. The lowest BCUT2D eigenvalue weighted by Crippen LogP contribution is -2.52. The summed E-state index contributed by atoms with van der Waals surface area (Å²) in [4.78, 5) is 0. The van der Waals surface area contributed by atoms with E-state index in [9.17, 15) is 13.2 Å². The maximum absolute atomic E-state index is 12.4. The molecule has 0 radical (unpaired) electrons. The molecule has 64 valence electrons. The second-order valence-corrected chi connectivity index (χ2v) is 3.57. The Bertz CT molecular complexity index is 167. The molecular weight excluding hydrogens is 155 g/mol. The summed E-state index contributed by atoms with van der Waals surface area (Å²) in [5, 5.41) is 2.58. The molecule has 1 heterocycles. The lowest BCUT2D eigenvalue weighted by Gasteiger charge is -2.30. The molecule has 2 atom stereocenters. The topological polar surface area (TPSA) is 12.0 Å². The van der Waals surface area contributed by atoms with E-state index in [-0.39, 0.29) is 12.3 Å². The first-order chi connectivity index (χ1) is 5.04. The van der Waals surface area contributed by atoms with Crippen molar-refractivity contribution in [2.45, 2.75) is 31.0 Å². The van der Waals surface area contributed by atoms with Gasteiger partial charge in [-0.25, -0.2) is 0 Å². The van der Waals surface area contributed by atoms with E-state index in [0.717, 1.165) is 6.42 Å². The van der Waals surface area contributed by atoms with E-state index in [1.165, 1.54) is 0 Å². The zero-order chi connectivity index (χ0) is 8.11. The van der Waals surface area contributed by atoms with Gasteiger partial charge in [-0.15, -0.1) is 0 Å². The highest BCUT2D eigenvalue weighted by molar-refractivity contribution is 5.07. The van der Waals surface area contributed by atoms with Gasteiger partial charge in [0.05, 0.1) is 0 Å². The molecule has 4 heteroatoms. The van der Waals surface area contributed by atoms with Crippen LogP contribution in [-0.4, -0.2) is 18.3 Å². The van der Waals surface area contributed by atoms with Gasteiger partial charge in [0.15, 0.2) is 0 Å². The van der Waals surface area contributed by atoms with Crippen LogP contribution in [0.4, 0.5) is 13.2 Å². The highest BCUT2D eigenvalue weighted by Gasteiger charge is 2.61. The number of hydrogen-bond acceptors (Lipinski definition) is 1. The maximum atomic E-state index is 12.4. The molecule has 0 aromatic carbocycles. The molecule has 2 fully saturated rings. The lowest BCUT2D eigenvalue weighted by molar-refractivity contribution is -0.190. The van der Waals surface area contributed by atoms with Gasteiger partial charge in [0.25, 0.3) is 0 Å². The minimum Gasteiger partial charge on any atom is -0.303 e. The molecule has 0 aromatic rings. The van der Waals surface area contributed by atoms with Crippen LogP contribution in [0.25, 0.3) is 0 Å². The third-order valence-electron chi connectivity index (χ3n) is 2.89. The molecule has 2 unspecified atom stereocenters. The Kier molecular flexibility index (Phi) is 1.29. The molecule has 0 spiro atoms. The van der Waals surface area contributed by atoms with Crippen molar-refractivity contribution in [1.82, 2.24) is 5.32 Å². The van der Waals surface area contributed by atoms with Crippen LogP contribution in [0, 0.1) is 5.92 Å². The van der Waals surface area contributed by atoms with Crippen molar-refractivity contribution in [3.8, 4) is 0 Å². The summed E-state index contributed by atoms with van der Waals surface area (Å²) in [7, 11) is 0. The molecule has 1 saturated carbocycles. The largest absolute Gasteiger partial charge is 0.406 e. The van der Waals surface area contributed by atoms with E-state index in [1.54, 1.807) is 0 Å². The van der Waals surface area contributed by atoms with Gasteiger partial charge in [-0.2, -0.15) is 13.2 Å². The minimum atomic E-state index is -4.04. The van der Waals surface area contributed by atoms with Crippen LogP contribution in [0.15, 0.2) is 0 Å². The summed E-state index contributed by atoms with van der Waals surface area (Å²) in [6.45, 7) is 0.555. The fourth-order valence-electron chi connectivity index (χ4n) is 2.18. The lowest BCUT2D eigenvalue weighted by atomic mass is 9.99. The molecule has 1 nitrogen and oxygen atoms in total. The first-order valence-electron chi connectivity index (χ1n) is 3.85. The van der Waals surface area contributed by atoms with Gasteiger partial charge in [0.2, 0.25) is 0 Å². The molecule has 1 aliphatic carbocycles. The van der Waals surface area contributed by atoms with Gasteiger partial charge in [-0.05, 0) is 31.7 Å². The van der Waals surface area contributed by atoms with Crippen LogP contribution in [0.5, 0.6) is 0 Å². The van der Waals surface area contributed by atoms with Gasteiger partial charge >= 0.3 is 6.18 Å². The second-order valence-electron chi connectivity index (χ2n) is 3.57. The van der Waals surface area contributed by atoms with Crippen molar-refractivity contribution in [3.05, 3.63) is 0 Å². The van der Waals surface area contributed by atoms with Crippen LogP contribution >= 0.6 is 0 Å². The first kappa shape index (κ1) is 7.40. The number of rotatable bonds is 0. The number of fused-ring (bicyclic) bond motifs is 2. The fraction of sp³-hybridized carbons (Fsp3) is 1.00. The Morgan fingerprint density at radius 3 is 2.27 bits per heavy atom. The van der Waals surface area contributed by atoms with Crippen molar-refractivity contribution >= 4 is 0 Å². The Hall–Kier alpha value is -0.250. The standard InChI is InChI=1S/C7H10F3N/c8-7(9,10)6-2-1-5(3-6)4-11-6/h5,11H,1-4H2. The quantitative estimate of drug-likeness (QED) is 0.576. The number of hydrogen-bond donors (Lipinski definition) is 1. The predicted molar refractivity (Wildman–Crippen MR) is 34.1 cm³/mol. The number of nitrogens with one attached hydrogen (secondary N) is 1. The van der Waals surface area contributed by atoms with Gasteiger partial charge in [-0.3, -0.25) is 0 Å². The molecule has 2 bridgehead atoms. The van der Waals surface area contributed by atoms with Crippen LogP contribution < -0.4 is 5.32 Å². The van der Waals surface area contributed by atoms with E-state index in [0.29, 0.717) is 13.0 Å². The third-order valence-corrected chi connectivity index (χ3v) is 2.89. The molecule has 0 amide bonds. The Labute approximate surface area is 63.0 Å². The van der Waals surface area contributed by atoms with Crippen LogP contribution in [0.1, 0.15) is 19.3 Å². The Morgan fingerprint density at radius 2 is 2.09 bits per heavy atom. The zero-order valence-electron chi connectivity index (χ0n) is 6.04. The monoisotopic (exact) mass is 165 g/mol. The minimum absolute atomic E-state index is 0.275. The smallest absolute Gasteiger partial charge is 0.303 e. The summed E-state index contributed by atoms with van der Waals surface area (Å²) in [6.07, 6.45) is -2.72. The highest BCUT2D eigenvalue weighted by atomic mass is 19.4. The van der Waals surface area contributed by atoms with Crippen molar-refractivity contribution in [1.29, 1.82) is 0 Å². The first-order valence-corrected chi connectivity index (χ1v) is 3.85. The van der Waals surface area contributed by atoms with Gasteiger partial charge in [0, 0.05) is 0 Å². The van der Waals surface area contributed by atoms with Gasteiger partial charge in [-0.1, -0.05) is 0 Å². The van der Waals surface area contributed by atoms with Crippen LogP contribution in [0.2, 0.25) is 0 Å². The molecule has 1 N–H and O–H groups in total. The molecule has 1 aliphatic heterocycles. The predicted octanol–water partition coefficient (Wildman–Crippen LogP) is 1.69. The molecule has 2 aliphatic rings. The fourth-order valence-corrected chi connectivity index (χ4v) is 2.18. The summed E-state index contributed by atoms with van der Waals surface area (Å²) in [5.41, 5.74) is -1.50. The summed E-state index contributed by atoms with van der Waals surface area (Å²) in [6, 6.07) is 0. The number of halogens is 3. The summed E-state index contributed by atoms with van der Waals surface area (Å²) in [5.74, 6) is 0.275. The Balaban J connectivity index is 2.23. The zero-order valence-corrected chi connectivity index (χ0v) is 6.04. The van der Waals surface area contributed by atoms with Crippen LogP contribution in [0.3, 0.4) is 0 Å². The molecule has 1 saturated heterocycles. The average Bonchev–Trinajstić information content (AvgIpc) is 2.42. The number of piperidine rings is 1. The number of alkyl halides is 3. The molecule has 2 rings (SSSR count). The van der Waals surface area contributed by atoms with E-state index in [4.69, 9.17) is 0 Å². The Morgan fingerprint density at radius 1 is 1.36 bits per heavy atom. The van der Waals surface area contributed by atoms with Crippen LogP contribution in [-0.2, 0) is 0 Å². The van der Waals surface area contributed by atoms with Gasteiger partial charge in [0.1, 0.15) is 5.54 Å². The van der Waals surface area contributed by atoms with E-state index in [2.05, 4.69) is 5.32 Å². The van der Waals surface area contributed by atoms with Crippen molar-refractivity contribution in [3.63, 3.8) is 0 Å². The second kappa shape index (κ2) is 1.91. The van der Waals surface area contributed by atoms with E-state index < -0.39 is 11.7 Å². The summed E-state index contributed by atoms with van der Waals surface area (Å²) >= 11 is 0. The SMILES string of the molecule is FC(F)(F)C12CCC(CN1)C2. The van der Waals surface area contributed by atoms with Gasteiger partial charge < -0.3 is 5.32 Å². The van der Waals surface area contributed by atoms with Crippen molar-refractivity contribution in [2.24, 2.45) is 5.92 Å². The third kappa shape index (κ3) is 0.883. The molecule has 0 aromatic heterocycles. The maximum Gasteiger partial charge on any atom is 0.406 e. The molecule has 11 heavy (non-hydrogen) atoms. The van der Waals surface area contributed by atoms with Crippen molar-refractivity contribution < 1.29 is 13.2 Å². The average molecular weight is 165 g/mol. The van der Waals surface area contributed by atoms with E-state index >= 15 is 0 Å². The van der Waals surface area contributed by atoms with E-state index in [1.807, 2.05) is 0 Å². The summed E-state index contributed by atoms with van der Waals surface area (Å²) < 4.78 is 37.1.